The quantitative estimate of drug-likeness (QED) is 0.750. The van der Waals surface area contributed by atoms with Crippen LogP contribution < -0.4 is 5.32 Å². The second-order valence-electron chi connectivity index (χ2n) is 8.18. The van der Waals surface area contributed by atoms with Gasteiger partial charge >= 0.3 is 0 Å². The third-order valence-corrected chi connectivity index (χ3v) is 7.10. The van der Waals surface area contributed by atoms with E-state index in [4.69, 9.17) is 0 Å². The van der Waals surface area contributed by atoms with Crippen LogP contribution in [-0.4, -0.2) is 31.9 Å². The summed E-state index contributed by atoms with van der Waals surface area (Å²) in [4.78, 5) is 12.3. The van der Waals surface area contributed by atoms with E-state index in [0.717, 1.165) is 24.8 Å². The van der Waals surface area contributed by atoms with Crippen molar-refractivity contribution in [2.45, 2.75) is 58.9 Å². The van der Waals surface area contributed by atoms with Crippen LogP contribution in [0.4, 0.5) is 0 Å². The van der Waals surface area contributed by atoms with Crippen molar-refractivity contribution in [1.29, 1.82) is 0 Å². The van der Waals surface area contributed by atoms with Crippen LogP contribution in [0.15, 0.2) is 30.3 Å². The summed E-state index contributed by atoms with van der Waals surface area (Å²) < 4.78 is 24.6. The lowest BCUT2D eigenvalue weighted by Gasteiger charge is -2.37. The molecule has 0 spiro atoms. The first-order chi connectivity index (χ1) is 12.3. The summed E-state index contributed by atoms with van der Waals surface area (Å²) in [6.45, 7) is 6.57. The average Bonchev–Trinajstić information content (AvgIpc) is 2.54. The molecule has 146 valence electrons. The third-order valence-electron chi connectivity index (χ3n) is 5.48. The molecule has 5 heteroatoms. The highest BCUT2D eigenvalue weighted by Crippen LogP contribution is 2.33. The van der Waals surface area contributed by atoms with Crippen molar-refractivity contribution < 1.29 is 13.2 Å². The van der Waals surface area contributed by atoms with E-state index < -0.39 is 15.6 Å². The minimum atomic E-state index is -3.37. The molecule has 0 aromatic heterocycles. The molecule has 26 heavy (non-hydrogen) atoms. The molecule has 0 heterocycles. The Morgan fingerprint density at radius 2 is 1.88 bits per heavy atom. The third kappa shape index (κ3) is 6.75. The molecule has 1 N–H and O–H groups in total. The van der Waals surface area contributed by atoms with E-state index in [2.05, 4.69) is 26.1 Å². The highest BCUT2D eigenvalue weighted by atomic mass is 32.2. The molecule has 1 aromatic carbocycles. The fraction of sp³-hybridized carbons (Fsp3) is 0.667. The lowest BCUT2D eigenvalue weighted by Crippen LogP contribution is -2.47. The summed E-state index contributed by atoms with van der Waals surface area (Å²) in [7, 11) is -3.37. The first kappa shape index (κ1) is 20.9. The summed E-state index contributed by atoms with van der Waals surface area (Å²) >= 11 is 0. The molecule has 1 aliphatic rings. The van der Waals surface area contributed by atoms with E-state index in [-0.39, 0.29) is 17.7 Å². The lowest BCUT2D eigenvalue weighted by molar-refractivity contribution is -0.120. The van der Waals surface area contributed by atoms with Gasteiger partial charge in [0.05, 0.1) is 5.75 Å². The number of aryl methyl sites for hydroxylation is 1. The zero-order valence-corrected chi connectivity index (χ0v) is 17.1. The predicted molar refractivity (Wildman–Crippen MR) is 107 cm³/mol. The number of amides is 1. The van der Waals surface area contributed by atoms with Crippen LogP contribution in [0.3, 0.4) is 0 Å². The molecule has 0 radical (unpaired) electrons. The van der Waals surface area contributed by atoms with Crippen molar-refractivity contribution in [3.63, 3.8) is 0 Å². The van der Waals surface area contributed by atoms with Crippen LogP contribution in [-0.2, 0) is 21.1 Å². The second kappa shape index (κ2) is 9.54. The van der Waals surface area contributed by atoms with Gasteiger partial charge in [0.25, 0.3) is 0 Å². The van der Waals surface area contributed by atoms with Crippen molar-refractivity contribution in [3.05, 3.63) is 35.9 Å². The molecule has 4 nitrogen and oxygen atoms in total. The number of benzene rings is 1. The Bertz CT molecular complexity index is 670. The Morgan fingerprint density at radius 1 is 1.19 bits per heavy atom. The largest absolute Gasteiger partial charge is 0.352 e. The van der Waals surface area contributed by atoms with Crippen LogP contribution in [0.1, 0.15) is 52.0 Å². The maximum atomic E-state index is 12.3. The van der Waals surface area contributed by atoms with Crippen LogP contribution >= 0.6 is 0 Å². The fourth-order valence-electron chi connectivity index (χ4n) is 4.03. The molecule has 0 saturated heterocycles. The van der Waals surface area contributed by atoms with Gasteiger partial charge in [0, 0.05) is 6.04 Å². The summed E-state index contributed by atoms with van der Waals surface area (Å²) in [5.74, 6) is 0.847. The van der Waals surface area contributed by atoms with Crippen molar-refractivity contribution in [2.75, 3.05) is 11.5 Å². The standard InChI is InChI=1S/C21H33NO3S/c1-16(2)19-12-11-17(3)14-20(19)22-21(23)15-26(24,25)13-7-10-18-8-5-4-6-9-18/h4-6,8-9,16-17,19-20H,7,10-15H2,1-3H3,(H,22,23)/t17-,19+,20+/m1/s1. The molecule has 2 rings (SSSR count). The molecule has 1 amide bonds. The van der Waals surface area contributed by atoms with E-state index >= 15 is 0 Å². The minimum Gasteiger partial charge on any atom is -0.352 e. The monoisotopic (exact) mass is 379 g/mol. The molecule has 1 aromatic rings. The van der Waals surface area contributed by atoms with Gasteiger partial charge < -0.3 is 5.32 Å². The van der Waals surface area contributed by atoms with Gasteiger partial charge in [-0.05, 0) is 49.0 Å². The van der Waals surface area contributed by atoms with E-state index in [1.165, 1.54) is 6.42 Å². The number of carbonyl (C=O) groups excluding carboxylic acids is 1. The smallest absolute Gasteiger partial charge is 0.235 e. The van der Waals surface area contributed by atoms with Gasteiger partial charge in [-0.15, -0.1) is 0 Å². The first-order valence-electron chi connectivity index (χ1n) is 9.80. The van der Waals surface area contributed by atoms with Crippen LogP contribution in [0.2, 0.25) is 0 Å². The van der Waals surface area contributed by atoms with E-state index in [0.29, 0.717) is 24.2 Å². The zero-order chi connectivity index (χ0) is 19.2. The van der Waals surface area contributed by atoms with Gasteiger partial charge in [0.2, 0.25) is 5.91 Å². The normalized spacial score (nSPS) is 23.8. The summed E-state index contributed by atoms with van der Waals surface area (Å²) in [6.07, 6.45) is 4.51. The van der Waals surface area contributed by atoms with E-state index in [1.54, 1.807) is 0 Å². The number of sulfone groups is 1. The van der Waals surface area contributed by atoms with Crippen LogP contribution in [0.5, 0.6) is 0 Å². The Kier molecular flexibility index (Phi) is 7.69. The average molecular weight is 380 g/mol. The molecule has 1 fully saturated rings. The fourth-order valence-corrected chi connectivity index (χ4v) is 5.24. The maximum Gasteiger partial charge on any atom is 0.235 e. The van der Waals surface area contributed by atoms with Gasteiger partial charge in [-0.25, -0.2) is 8.42 Å². The zero-order valence-electron chi connectivity index (χ0n) is 16.3. The van der Waals surface area contributed by atoms with E-state index in [9.17, 15) is 13.2 Å². The summed E-state index contributed by atoms with van der Waals surface area (Å²) in [5, 5.41) is 3.03. The molecular weight excluding hydrogens is 346 g/mol. The molecule has 1 aliphatic carbocycles. The summed E-state index contributed by atoms with van der Waals surface area (Å²) in [5.41, 5.74) is 1.13. The number of rotatable bonds is 8. The van der Waals surface area contributed by atoms with Gasteiger partial charge in [-0.2, -0.15) is 0 Å². The van der Waals surface area contributed by atoms with Gasteiger partial charge in [-0.3, -0.25) is 4.79 Å². The number of hydrogen-bond donors (Lipinski definition) is 1. The predicted octanol–water partition coefficient (Wildman–Crippen LogP) is 3.61. The summed E-state index contributed by atoms with van der Waals surface area (Å²) in [6, 6.07) is 9.94. The topological polar surface area (TPSA) is 63.2 Å². The minimum absolute atomic E-state index is 0.0595. The highest BCUT2D eigenvalue weighted by Gasteiger charge is 2.32. The van der Waals surface area contributed by atoms with Crippen molar-refractivity contribution in [2.24, 2.45) is 17.8 Å². The highest BCUT2D eigenvalue weighted by molar-refractivity contribution is 7.92. The first-order valence-corrected chi connectivity index (χ1v) is 11.6. The number of hydrogen-bond acceptors (Lipinski definition) is 3. The Balaban J connectivity index is 1.82. The number of carbonyl (C=O) groups is 1. The van der Waals surface area contributed by atoms with Crippen molar-refractivity contribution >= 4 is 15.7 Å². The van der Waals surface area contributed by atoms with Crippen molar-refractivity contribution in [1.82, 2.24) is 5.32 Å². The second-order valence-corrected chi connectivity index (χ2v) is 10.4. The van der Waals surface area contributed by atoms with Crippen LogP contribution in [0, 0.1) is 17.8 Å². The molecule has 3 atom stereocenters. The van der Waals surface area contributed by atoms with Gasteiger partial charge in [-0.1, -0.05) is 57.5 Å². The molecule has 1 saturated carbocycles. The Hall–Kier alpha value is -1.36. The SMILES string of the molecule is CC(C)[C@@H]1CC[C@@H](C)C[C@@H]1NC(=O)CS(=O)(=O)CCCc1ccccc1. The maximum absolute atomic E-state index is 12.3. The molecule has 0 unspecified atom stereocenters. The van der Waals surface area contributed by atoms with Crippen molar-refractivity contribution in [3.8, 4) is 0 Å². The number of nitrogens with one attached hydrogen (secondary N) is 1. The Labute approximate surface area is 158 Å². The molecule has 0 aliphatic heterocycles. The van der Waals surface area contributed by atoms with Gasteiger partial charge in [0.15, 0.2) is 9.84 Å². The van der Waals surface area contributed by atoms with Gasteiger partial charge in [0.1, 0.15) is 5.75 Å². The Morgan fingerprint density at radius 3 is 2.54 bits per heavy atom. The lowest BCUT2D eigenvalue weighted by atomic mass is 9.74. The molecule has 0 bridgehead atoms. The van der Waals surface area contributed by atoms with E-state index in [1.807, 2.05) is 30.3 Å². The van der Waals surface area contributed by atoms with Crippen LogP contribution in [0.25, 0.3) is 0 Å². The molecular formula is C21H33NO3S.